The highest BCUT2D eigenvalue weighted by atomic mass is 19.1. The Bertz CT molecular complexity index is 737. The minimum Gasteiger partial charge on any atom is -0.444 e. The molecule has 134 valence electrons. The molecule has 0 unspecified atom stereocenters. The number of halogens is 1. The van der Waals surface area contributed by atoms with E-state index in [2.05, 4.69) is 0 Å². The minimum atomic E-state index is -0.552. The Morgan fingerprint density at radius 1 is 1.32 bits per heavy atom. The van der Waals surface area contributed by atoms with E-state index >= 15 is 0 Å². The van der Waals surface area contributed by atoms with E-state index in [9.17, 15) is 14.0 Å². The van der Waals surface area contributed by atoms with Crippen molar-refractivity contribution in [3.63, 3.8) is 0 Å². The van der Waals surface area contributed by atoms with Gasteiger partial charge in [-0.05, 0) is 56.5 Å². The van der Waals surface area contributed by atoms with Crippen molar-refractivity contribution in [1.29, 1.82) is 0 Å². The molecule has 2 aliphatic heterocycles. The Hall–Kier alpha value is -2.37. The molecule has 0 radical (unpaired) electrons. The van der Waals surface area contributed by atoms with Crippen LogP contribution in [0.3, 0.4) is 0 Å². The van der Waals surface area contributed by atoms with E-state index in [-0.39, 0.29) is 18.5 Å². The number of anilines is 1. The Morgan fingerprint density at radius 2 is 2.08 bits per heavy atom. The van der Waals surface area contributed by atoms with Crippen LogP contribution in [0.1, 0.15) is 32.8 Å². The maximum Gasteiger partial charge on any atom is 0.410 e. The quantitative estimate of drug-likeness (QED) is 0.772. The summed E-state index contributed by atoms with van der Waals surface area (Å²) in [6, 6.07) is 4.58. The van der Waals surface area contributed by atoms with E-state index in [0.29, 0.717) is 26.1 Å². The molecule has 2 heterocycles. The molecule has 0 spiro atoms. The molecule has 1 aromatic rings. The lowest BCUT2D eigenvalue weighted by Gasteiger charge is -2.39. The van der Waals surface area contributed by atoms with Crippen molar-refractivity contribution >= 4 is 23.6 Å². The summed E-state index contributed by atoms with van der Waals surface area (Å²) in [5.74, 6) is -0.326. The van der Waals surface area contributed by atoms with Gasteiger partial charge in [0.1, 0.15) is 17.7 Å². The van der Waals surface area contributed by atoms with Gasteiger partial charge in [0, 0.05) is 30.9 Å². The lowest BCUT2D eigenvalue weighted by atomic mass is 9.89. The van der Waals surface area contributed by atoms with E-state index < -0.39 is 5.60 Å². The zero-order valence-electron chi connectivity index (χ0n) is 14.8. The van der Waals surface area contributed by atoms with Crippen LogP contribution in [0.4, 0.5) is 14.9 Å². The van der Waals surface area contributed by atoms with E-state index in [1.54, 1.807) is 11.0 Å². The predicted octanol–water partition coefficient (Wildman–Crippen LogP) is 3.24. The molecule has 2 aliphatic rings. The van der Waals surface area contributed by atoms with Gasteiger partial charge in [0.25, 0.3) is 0 Å². The Balaban J connectivity index is 1.91. The largest absolute Gasteiger partial charge is 0.444 e. The number of rotatable bonds is 2. The van der Waals surface area contributed by atoms with Gasteiger partial charge in [0.2, 0.25) is 0 Å². The van der Waals surface area contributed by atoms with Crippen molar-refractivity contribution in [1.82, 2.24) is 4.90 Å². The molecular formula is C19H23FN2O3. The SMILES string of the molecule is CC(C)(C)OC(=O)N1CCC2=C(C1)c1cc(F)ccc1N(CC=O)C2. The Labute approximate surface area is 147 Å². The standard InChI is InChI=1S/C19H23FN2O3/c1-19(2,3)25-18(24)22-7-6-13-11-21(8-9-23)17-5-4-14(20)10-15(17)16(13)12-22/h4-5,9-10H,6-8,11-12H2,1-3H3. The van der Waals surface area contributed by atoms with Gasteiger partial charge in [0.15, 0.2) is 0 Å². The van der Waals surface area contributed by atoms with Gasteiger partial charge in [-0.1, -0.05) is 0 Å². The van der Waals surface area contributed by atoms with Gasteiger partial charge in [-0.2, -0.15) is 0 Å². The topological polar surface area (TPSA) is 49.9 Å². The van der Waals surface area contributed by atoms with Crippen LogP contribution in [0.2, 0.25) is 0 Å². The minimum absolute atomic E-state index is 0.269. The number of carbonyl (C=O) groups is 2. The molecule has 0 N–H and O–H groups in total. The summed E-state index contributed by atoms with van der Waals surface area (Å²) in [6.45, 7) is 7.37. The molecule has 0 aromatic heterocycles. The first-order valence-electron chi connectivity index (χ1n) is 8.46. The third-order valence-corrected chi connectivity index (χ3v) is 4.41. The summed E-state index contributed by atoms with van der Waals surface area (Å²) < 4.78 is 19.3. The maximum atomic E-state index is 13.8. The molecule has 0 bridgehead atoms. The fourth-order valence-electron chi connectivity index (χ4n) is 3.33. The fourth-order valence-corrected chi connectivity index (χ4v) is 3.33. The zero-order valence-corrected chi connectivity index (χ0v) is 14.8. The molecule has 0 atom stereocenters. The second-order valence-electron chi connectivity index (χ2n) is 7.44. The Morgan fingerprint density at radius 3 is 2.76 bits per heavy atom. The van der Waals surface area contributed by atoms with Crippen molar-refractivity contribution < 1.29 is 18.7 Å². The number of ether oxygens (including phenoxy) is 1. The van der Waals surface area contributed by atoms with E-state index in [1.165, 1.54) is 12.1 Å². The first-order valence-corrected chi connectivity index (χ1v) is 8.46. The highest BCUT2D eigenvalue weighted by Gasteiger charge is 2.32. The first kappa shape index (κ1) is 17.5. The van der Waals surface area contributed by atoms with E-state index in [4.69, 9.17) is 4.74 Å². The van der Waals surface area contributed by atoms with Crippen LogP contribution < -0.4 is 4.90 Å². The van der Waals surface area contributed by atoms with Gasteiger partial charge < -0.3 is 19.3 Å². The molecule has 0 fully saturated rings. The monoisotopic (exact) mass is 346 g/mol. The average molecular weight is 346 g/mol. The lowest BCUT2D eigenvalue weighted by molar-refractivity contribution is -0.106. The normalized spacial score (nSPS) is 17.1. The van der Waals surface area contributed by atoms with Gasteiger partial charge in [0.05, 0.1) is 6.54 Å². The molecular weight excluding hydrogens is 323 g/mol. The summed E-state index contributed by atoms with van der Waals surface area (Å²) >= 11 is 0. The number of aldehydes is 1. The van der Waals surface area contributed by atoms with Crippen molar-refractivity contribution in [2.24, 2.45) is 0 Å². The molecule has 25 heavy (non-hydrogen) atoms. The van der Waals surface area contributed by atoms with Gasteiger partial charge in [-0.3, -0.25) is 0 Å². The van der Waals surface area contributed by atoms with Crippen LogP contribution in [-0.2, 0) is 9.53 Å². The molecule has 0 saturated carbocycles. The second-order valence-corrected chi connectivity index (χ2v) is 7.44. The third-order valence-electron chi connectivity index (χ3n) is 4.41. The number of carbonyl (C=O) groups excluding carboxylic acids is 2. The number of hydrogen-bond donors (Lipinski definition) is 0. The van der Waals surface area contributed by atoms with Crippen LogP contribution >= 0.6 is 0 Å². The fraction of sp³-hybridized carbons (Fsp3) is 0.474. The van der Waals surface area contributed by atoms with Crippen molar-refractivity contribution in [2.75, 3.05) is 31.1 Å². The van der Waals surface area contributed by atoms with Crippen molar-refractivity contribution in [3.05, 3.63) is 35.2 Å². The van der Waals surface area contributed by atoms with Crippen LogP contribution in [0.25, 0.3) is 5.57 Å². The van der Waals surface area contributed by atoms with Gasteiger partial charge in [-0.15, -0.1) is 0 Å². The summed E-state index contributed by atoms with van der Waals surface area (Å²) in [6.07, 6.45) is 1.20. The maximum absolute atomic E-state index is 13.8. The summed E-state index contributed by atoms with van der Waals surface area (Å²) in [7, 11) is 0. The second kappa shape index (κ2) is 6.50. The summed E-state index contributed by atoms with van der Waals surface area (Å²) in [5.41, 5.74) is 3.16. The number of hydrogen-bond acceptors (Lipinski definition) is 4. The van der Waals surface area contributed by atoms with Gasteiger partial charge in [-0.25, -0.2) is 9.18 Å². The van der Waals surface area contributed by atoms with Crippen LogP contribution in [-0.4, -0.2) is 49.1 Å². The Kier molecular flexibility index (Phi) is 4.54. The van der Waals surface area contributed by atoms with Crippen LogP contribution in [0.15, 0.2) is 23.8 Å². The highest BCUT2D eigenvalue weighted by Crippen LogP contribution is 2.38. The van der Waals surface area contributed by atoms with Crippen LogP contribution in [0, 0.1) is 5.82 Å². The molecule has 3 rings (SSSR count). The first-order chi connectivity index (χ1) is 11.8. The summed E-state index contributed by atoms with van der Waals surface area (Å²) in [5, 5.41) is 0. The molecule has 5 nitrogen and oxygen atoms in total. The zero-order chi connectivity index (χ0) is 18.2. The van der Waals surface area contributed by atoms with E-state index in [1.807, 2.05) is 25.7 Å². The third kappa shape index (κ3) is 3.67. The van der Waals surface area contributed by atoms with Crippen molar-refractivity contribution in [3.8, 4) is 0 Å². The lowest BCUT2D eigenvalue weighted by Crippen LogP contribution is -2.43. The molecule has 1 amide bonds. The average Bonchev–Trinajstić information content (AvgIpc) is 2.53. The smallest absolute Gasteiger partial charge is 0.410 e. The molecule has 6 heteroatoms. The molecule has 0 saturated heterocycles. The number of nitrogens with zero attached hydrogens (tertiary/aromatic N) is 2. The number of amides is 1. The predicted molar refractivity (Wildman–Crippen MR) is 94.0 cm³/mol. The highest BCUT2D eigenvalue weighted by molar-refractivity contribution is 5.86. The molecule has 0 aliphatic carbocycles. The summed E-state index contributed by atoms with van der Waals surface area (Å²) in [4.78, 5) is 27.0. The van der Waals surface area contributed by atoms with Crippen molar-refractivity contribution in [2.45, 2.75) is 32.8 Å². The molecule has 1 aromatic carbocycles. The number of benzene rings is 1. The van der Waals surface area contributed by atoms with Crippen LogP contribution in [0.5, 0.6) is 0 Å². The van der Waals surface area contributed by atoms with Gasteiger partial charge >= 0.3 is 6.09 Å². The van der Waals surface area contributed by atoms with E-state index in [0.717, 1.165) is 28.7 Å². The number of fused-ring (bicyclic) bond motifs is 2.